The van der Waals surface area contributed by atoms with E-state index in [2.05, 4.69) is 10.1 Å². The normalized spacial score (nSPS) is 16.5. The quantitative estimate of drug-likeness (QED) is 0.674. The maximum atomic E-state index is 12.6. The number of hydrogen-bond donors (Lipinski definition) is 0. The number of nitrogens with zero attached hydrogens (tertiary/aromatic N) is 3. The Bertz CT molecular complexity index is 992. The molecule has 7 nitrogen and oxygen atoms in total. The van der Waals surface area contributed by atoms with E-state index in [9.17, 15) is 4.79 Å². The molecular formula is C21H21N3O4. The summed E-state index contributed by atoms with van der Waals surface area (Å²) in [6, 6.07) is 13.3. The van der Waals surface area contributed by atoms with Crippen molar-refractivity contribution in [3.8, 4) is 22.9 Å². The SMILES string of the molecule is COc1cc(OC)cc(N2CC(c3nc(-c4cccc(C)c4)no3)CC2=O)c1. The molecule has 2 aromatic carbocycles. The van der Waals surface area contributed by atoms with Crippen LogP contribution in [0.4, 0.5) is 5.69 Å². The van der Waals surface area contributed by atoms with Crippen LogP contribution in [0, 0.1) is 6.92 Å². The van der Waals surface area contributed by atoms with Crippen LogP contribution in [0.2, 0.25) is 0 Å². The van der Waals surface area contributed by atoms with Crippen molar-refractivity contribution in [2.75, 3.05) is 25.7 Å². The number of aromatic nitrogens is 2. The van der Waals surface area contributed by atoms with Crippen molar-refractivity contribution < 1.29 is 18.8 Å². The second kappa shape index (κ2) is 7.34. The first kappa shape index (κ1) is 18.0. The number of carbonyl (C=O) groups excluding carboxylic acids is 1. The van der Waals surface area contributed by atoms with E-state index in [4.69, 9.17) is 14.0 Å². The van der Waals surface area contributed by atoms with Crippen molar-refractivity contribution in [2.24, 2.45) is 0 Å². The molecule has 1 amide bonds. The molecule has 1 atom stereocenters. The molecule has 28 heavy (non-hydrogen) atoms. The van der Waals surface area contributed by atoms with Crippen molar-refractivity contribution in [3.05, 3.63) is 53.9 Å². The van der Waals surface area contributed by atoms with E-state index < -0.39 is 0 Å². The van der Waals surface area contributed by atoms with Crippen molar-refractivity contribution in [1.29, 1.82) is 0 Å². The van der Waals surface area contributed by atoms with Gasteiger partial charge in [0.05, 0.1) is 25.8 Å². The molecule has 7 heteroatoms. The molecule has 144 valence electrons. The van der Waals surface area contributed by atoms with E-state index in [1.54, 1.807) is 25.2 Å². The monoisotopic (exact) mass is 379 g/mol. The lowest BCUT2D eigenvalue weighted by atomic mass is 10.1. The minimum atomic E-state index is -0.157. The summed E-state index contributed by atoms with van der Waals surface area (Å²) in [6.45, 7) is 2.48. The third-order valence-corrected chi connectivity index (χ3v) is 4.84. The first-order chi connectivity index (χ1) is 13.6. The number of benzene rings is 2. The molecule has 0 saturated carbocycles. The Balaban J connectivity index is 1.57. The Morgan fingerprint density at radius 1 is 1.11 bits per heavy atom. The van der Waals surface area contributed by atoms with Crippen molar-refractivity contribution in [1.82, 2.24) is 10.1 Å². The van der Waals surface area contributed by atoms with Crippen LogP contribution in [0.3, 0.4) is 0 Å². The Labute approximate surface area is 162 Å². The third-order valence-electron chi connectivity index (χ3n) is 4.84. The van der Waals surface area contributed by atoms with E-state index in [0.29, 0.717) is 36.2 Å². The molecule has 2 heterocycles. The predicted molar refractivity (Wildman–Crippen MR) is 104 cm³/mol. The standard InChI is InChI=1S/C21H21N3O4/c1-13-5-4-6-14(7-13)20-22-21(28-23-20)15-8-19(25)24(12-15)16-9-17(26-2)11-18(10-16)27-3/h4-7,9-11,15H,8,12H2,1-3H3. The fourth-order valence-electron chi connectivity index (χ4n) is 3.37. The maximum absolute atomic E-state index is 12.6. The van der Waals surface area contributed by atoms with Crippen LogP contribution in [0.5, 0.6) is 11.5 Å². The average Bonchev–Trinajstić information content (AvgIpc) is 3.34. The van der Waals surface area contributed by atoms with Gasteiger partial charge in [-0.2, -0.15) is 4.98 Å². The zero-order chi connectivity index (χ0) is 19.7. The zero-order valence-corrected chi connectivity index (χ0v) is 16.0. The Kier molecular flexibility index (Phi) is 4.73. The molecule has 1 saturated heterocycles. The van der Waals surface area contributed by atoms with Crippen LogP contribution in [-0.4, -0.2) is 36.8 Å². The highest BCUT2D eigenvalue weighted by Crippen LogP contribution is 2.35. The van der Waals surface area contributed by atoms with Crippen LogP contribution in [0.15, 0.2) is 47.0 Å². The van der Waals surface area contributed by atoms with Gasteiger partial charge >= 0.3 is 0 Å². The molecule has 1 fully saturated rings. The largest absolute Gasteiger partial charge is 0.497 e. The van der Waals surface area contributed by atoms with Gasteiger partial charge in [-0.15, -0.1) is 0 Å². The van der Waals surface area contributed by atoms with Crippen molar-refractivity contribution in [2.45, 2.75) is 19.3 Å². The van der Waals surface area contributed by atoms with Gasteiger partial charge in [0.1, 0.15) is 11.5 Å². The molecule has 1 aliphatic rings. The lowest BCUT2D eigenvalue weighted by molar-refractivity contribution is -0.117. The van der Waals surface area contributed by atoms with Crippen LogP contribution >= 0.6 is 0 Å². The summed E-state index contributed by atoms with van der Waals surface area (Å²) < 4.78 is 16.1. The highest BCUT2D eigenvalue weighted by molar-refractivity contribution is 5.96. The number of aryl methyl sites for hydroxylation is 1. The molecule has 1 aromatic heterocycles. The fraction of sp³-hybridized carbons (Fsp3) is 0.286. The topological polar surface area (TPSA) is 77.7 Å². The molecule has 0 spiro atoms. The molecular weight excluding hydrogens is 358 g/mol. The van der Waals surface area contributed by atoms with Crippen LogP contribution in [0.1, 0.15) is 23.8 Å². The van der Waals surface area contributed by atoms with Gasteiger partial charge in [-0.3, -0.25) is 4.79 Å². The van der Waals surface area contributed by atoms with Gasteiger partial charge in [0, 0.05) is 36.7 Å². The lowest BCUT2D eigenvalue weighted by Gasteiger charge is -2.18. The van der Waals surface area contributed by atoms with Gasteiger partial charge in [0.25, 0.3) is 0 Å². The van der Waals surface area contributed by atoms with Crippen LogP contribution in [0.25, 0.3) is 11.4 Å². The number of ether oxygens (including phenoxy) is 2. The summed E-state index contributed by atoms with van der Waals surface area (Å²) in [4.78, 5) is 18.9. The number of hydrogen-bond acceptors (Lipinski definition) is 6. The van der Waals surface area contributed by atoms with E-state index in [0.717, 1.165) is 16.8 Å². The van der Waals surface area contributed by atoms with Crippen molar-refractivity contribution in [3.63, 3.8) is 0 Å². The minimum Gasteiger partial charge on any atom is -0.497 e. The molecule has 0 radical (unpaired) electrons. The molecule has 0 N–H and O–H groups in total. The maximum Gasteiger partial charge on any atom is 0.232 e. The lowest BCUT2D eigenvalue weighted by Crippen LogP contribution is -2.24. The second-order valence-electron chi connectivity index (χ2n) is 6.80. The van der Waals surface area contributed by atoms with Crippen LogP contribution in [-0.2, 0) is 4.79 Å². The van der Waals surface area contributed by atoms with Gasteiger partial charge < -0.3 is 18.9 Å². The number of amides is 1. The number of carbonyl (C=O) groups is 1. The van der Waals surface area contributed by atoms with Gasteiger partial charge in [0.15, 0.2) is 0 Å². The highest BCUT2D eigenvalue weighted by atomic mass is 16.5. The molecule has 0 aliphatic carbocycles. The average molecular weight is 379 g/mol. The van der Waals surface area contributed by atoms with E-state index in [-0.39, 0.29) is 11.8 Å². The summed E-state index contributed by atoms with van der Waals surface area (Å²) in [5.74, 6) is 2.11. The van der Waals surface area contributed by atoms with E-state index in [1.165, 1.54) is 0 Å². The summed E-state index contributed by atoms with van der Waals surface area (Å²) >= 11 is 0. The molecule has 1 aliphatic heterocycles. The Hall–Kier alpha value is -3.35. The van der Waals surface area contributed by atoms with Crippen molar-refractivity contribution >= 4 is 11.6 Å². The summed E-state index contributed by atoms with van der Waals surface area (Å²) in [5.41, 5.74) is 2.74. The summed E-state index contributed by atoms with van der Waals surface area (Å²) in [5, 5.41) is 4.09. The van der Waals surface area contributed by atoms with E-state index in [1.807, 2.05) is 43.3 Å². The van der Waals surface area contributed by atoms with Gasteiger partial charge in [-0.1, -0.05) is 28.9 Å². The highest BCUT2D eigenvalue weighted by Gasteiger charge is 2.35. The molecule has 4 rings (SSSR count). The number of methoxy groups -OCH3 is 2. The molecule has 3 aromatic rings. The third kappa shape index (κ3) is 3.43. The summed E-state index contributed by atoms with van der Waals surface area (Å²) in [6.07, 6.45) is 0.314. The van der Waals surface area contributed by atoms with E-state index >= 15 is 0 Å². The Morgan fingerprint density at radius 3 is 2.54 bits per heavy atom. The van der Waals surface area contributed by atoms with Gasteiger partial charge in [0.2, 0.25) is 17.6 Å². The summed E-state index contributed by atoms with van der Waals surface area (Å²) in [7, 11) is 3.16. The predicted octanol–water partition coefficient (Wildman–Crippen LogP) is 3.58. The smallest absolute Gasteiger partial charge is 0.232 e. The first-order valence-corrected chi connectivity index (χ1v) is 9.01. The second-order valence-corrected chi connectivity index (χ2v) is 6.80. The zero-order valence-electron chi connectivity index (χ0n) is 16.0. The first-order valence-electron chi connectivity index (χ1n) is 9.01. The molecule has 1 unspecified atom stereocenters. The van der Waals surface area contributed by atoms with Gasteiger partial charge in [-0.05, 0) is 13.0 Å². The number of anilines is 1. The van der Waals surface area contributed by atoms with Crippen LogP contribution < -0.4 is 14.4 Å². The minimum absolute atomic E-state index is 0.00406. The fourth-order valence-corrected chi connectivity index (χ4v) is 3.37. The Morgan fingerprint density at radius 2 is 1.86 bits per heavy atom. The van der Waals surface area contributed by atoms with Gasteiger partial charge in [-0.25, -0.2) is 0 Å². The number of rotatable bonds is 5. The molecule has 0 bridgehead atoms.